The van der Waals surface area contributed by atoms with Crippen molar-refractivity contribution in [2.75, 3.05) is 19.1 Å². The summed E-state index contributed by atoms with van der Waals surface area (Å²) in [4.78, 5) is 27.3. The van der Waals surface area contributed by atoms with Crippen LogP contribution in [0, 0.1) is 5.92 Å². The zero-order valence-electron chi connectivity index (χ0n) is 12.6. The van der Waals surface area contributed by atoms with Crippen LogP contribution in [-0.2, 0) is 14.3 Å². The third kappa shape index (κ3) is 6.71. The monoisotopic (exact) mass is 294 g/mol. The molecule has 116 valence electrons. The second-order valence-corrected chi connectivity index (χ2v) is 4.97. The number of rotatable bonds is 8. The van der Waals surface area contributed by atoms with Crippen molar-refractivity contribution in [2.24, 2.45) is 5.92 Å². The first-order valence-corrected chi connectivity index (χ1v) is 6.80. The van der Waals surface area contributed by atoms with Crippen LogP contribution in [0.3, 0.4) is 0 Å². The van der Waals surface area contributed by atoms with Gasteiger partial charge in [-0.1, -0.05) is 19.9 Å². The summed E-state index contributed by atoms with van der Waals surface area (Å²) < 4.78 is 4.72. The Hall–Kier alpha value is -2.15. The first-order chi connectivity index (χ1) is 10.0. The quantitative estimate of drug-likeness (QED) is 0.483. The summed E-state index contributed by atoms with van der Waals surface area (Å²) in [5.74, 6) is 0.196. The van der Waals surface area contributed by atoms with Crippen molar-refractivity contribution in [3.63, 3.8) is 0 Å². The van der Waals surface area contributed by atoms with E-state index < -0.39 is 6.04 Å². The van der Waals surface area contributed by atoms with Gasteiger partial charge in [0.1, 0.15) is 11.9 Å². The van der Waals surface area contributed by atoms with E-state index in [2.05, 4.69) is 21.2 Å². The molecule has 0 aliphatic rings. The highest BCUT2D eigenvalue weighted by Crippen LogP contribution is 2.05. The molecule has 1 amide bonds. The predicted octanol–water partition coefficient (Wildman–Crippen LogP) is 0.702. The Bertz CT molecular complexity index is 451. The number of carbonyl (C=O) groups excluding carboxylic acids is 2. The average molecular weight is 294 g/mol. The Balaban J connectivity index is 2.37. The third-order valence-corrected chi connectivity index (χ3v) is 2.70. The van der Waals surface area contributed by atoms with Crippen molar-refractivity contribution in [3.8, 4) is 0 Å². The van der Waals surface area contributed by atoms with Crippen LogP contribution in [0.5, 0.6) is 0 Å². The van der Waals surface area contributed by atoms with E-state index in [1.165, 1.54) is 7.11 Å². The molecule has 0 aliphatic heterocycles. The Labute approximate surface area is 124 Å². The van der Waals surface area contributed by atoms with E-state index in [1.807, 2.05) is 13.8 Å². The predicted molar refractivity (Wildman–Crippen MR) is 79.3 cm³/mol. The van der Waals surface area contributed by atoms with E-state index in [0.717, 1.165) is 0 Å². The number of methoxy groups -OCH3 is 1. The average Bonchev–Trinajstić information content (AvgIpc) is 2.49. The van der Waals surface area contributed by atoms with Crippen LogP contribution in [0.15, 0.2) is 24.4 Å². The van der Waals surface area contributed by atoms with Gasteiger partial charge in [0.05, 0.1) is 13.7 Å². The van der Waals surface area contributed by atoms with Crippen LogP contribution in [0.2, 0.25) is 0 Å². The zero-order chi connectivity index (χ0) is 15.7. The van der Waals surface area contributed by atoms with Crippen molar-refractivity contribution >= 4 is 17.7 Å². The third-order valence-electron chi connectivity index (χ3n) is 2.70. The fraction of sp³-hybridized carbons (Fsp3) is 0.500. The van der Waals surface area contributed by atoms with Crippen LogP contribution in [-0.4, -0.2) is 36.6 Å². The lowest BCUT2D eigenvalue weighted by Gasteiger charge is -2.18. The molecule has 0 radical (unpaired) electrons. The minimum atomic E-state index is -0.490. The molecule has 3 N–H and O–H groups in total. The highest BCUT2D eigenvalue weighted by Gasteiger charge is 2.20. The molecule has 1 aromatic rings. The molecule has 0 saturated carbocycles. The van der Waals surface area contributed by atoms with Gasteiger partial charge in [-0.05, 0) is 24.5 Å². The lowest BCUT2D eigenvalue weighted by atomic mass is 10.0. The minimum Gasteiger partial charge on any atom is -0.468 e. The maximum atomic E-state index is 11.7. The highest BCUT2D eigenvalue weighted by molar-refractivity contribution is 5.81. The first kappa shape index (κ1) is 16.9. The fourth-order valence-corrected chi connectivity index (χ4v) is 1.71. The van der Waals surface area contributed by atoms with Gasteiger partial charge in [0.2, 0.25) is 0 Å². The summed E-state index contributed by atoms with van der Waals surface area (Å²) in [6.45, 7) is 4.01. The molecule has 1 atom stereocenters. The van der Waals surface area contributed by atoms with Gasteiger partial charge < -0.3 is 4.74 Å². The second kappa shape index (κ2) is 8.91. The Morgan fingerprint density at radius 1 is 1.33 bits per heavy atom. The maximum Gasteiger partial charge on any atom is 0.322 e. The van der Waals surface area contributed by atoms with Crippen LogP contribution >= 0.6 is 0 Å². The lowest BCUT2D eigenvalue weighted by Crippen LogP contribution is -2.45. The van der Waals surface area contributed by atoms with Crippen molar-refractivity contribution < 1.29 is 14.3 Å². The van der Waals surface area contributed by atoms with Crippen LogP contribution < -0.4 is 16.2 Å². The molecule has 1 heterocycles. The fourth-order valence-electron chi connectivity index (χ4n) is 1.71. The van der Waals surface area contributed by atoms with Gasteiger partial charge in [-0.25, -0.2) is 4.98 Å². The lowest BCUT2D eigenvalue weighted by molar-refractivity contribution is -0.143. The number of esters is 1. The smallest absolute Gasteiger partial charge is 0.322 e. The number of nitrogens with zero attached hydrogens (tertiary/aromatic N) is 1. The second-order valence-electron chi connectivity index (χ2n) is 4.97. The summed E-state index contributed by atoms with van der Waals surface area (Å²) in [6, 6.07) is 4.82. The molecule has 1 aromatic heterocycles. The summed E-state index contributed by atoms with van der Waals surface area (Å²) in [5, 5.41) is 2.89. The van der Waals surface area contributed by atoms with Crippen molar-refractivity contribution in [2.45, 2.75) is 26.3 Å². The molecule has 7 nitrogen and oxygen atoms in total. The van der Waals surface area contributed by atoms with Crippen molar-refractivity contribution in [1.82, 2.24) is 15.7 Å². The van der Waals surface area contributed by atoms with E-state index in [1.54, 1.807) is 24.4 Å². The molecule has 0 spiro atoms. The molecule has 1 rings (SSSR count). The van der Waals surface area contributed by atoms with Gasteiger partial charge in [-0.15, -0.1) is 0 Å². The van der Waals surface area contributed by atoms with Crippen molar-refractivity contribution in [3.05, 3.63) is 24.4 Å². The van der Waals surface area contributed by atoms with E-state index in [-0.39, 0.29) is 18.4 Å². The summed E-state index contributed by atoms with van der Waals surface area (Å²) in [6.07, 6.45) is 2.22. The maximum absolute atomic E-state index is 11.7. The van der Waals surface area contributed by atoms with Crippen LogP contribution in [0.4, 0.5) is 5.82 Å². The Kier molecular flexibility index (Phi) is 7.17. The number of anilines is 1. The van der Waals surface area contributed by atoms with E-state index in [9.17, 15) is 9.59 Å². The Morgan fingerprint density at radius 3 is 2.67 bits per heavy atom. The zero-order valence-corrected chi connectivity index (χ0v) is 12.6. The molecule has 0 aliphatic carbocycles. The largest absolute Gasteiger partial charge is 0.468 e. The first-order valence-electron chi connectivity index (χ1n) is 6.80. The minimum absolute atomic E-state index is 0.00627. The summed E-state index contributed by atoms with van der Waals surface area (Å²) in [7, 11) is 1.33. The number of carbonyl (C=O) groups is 2. The van der Waals surface area contributed by atoms with Gasteiger partial charge in [-0.2, -0.15) is 0 Å². The number of hydrazine groups is 1. The van der Waals surface area contributed by atoms with Gasteiger partial charge in [0, 0.05) is 6.20 Å². The molecular weight excluding hydrogens is 272 g/mol. The molecule has 0 fully saturated rings. The number of ether oxygens (including phenoxy) is 1. The number of amides is 1. The molecule has 1 unspecified atom stereocenters. The number of nitrogens with one attached hydrogen (secondary N) is 3. The van der Waals surface area contributed by atoms with Gasteiger partial charge in [0.25, 0.3) is 5.91 Å². The number of hydrogen-bond acceptors (Lipinski definition) is 6. The van der Waals surface area contributed by atoms with Crippen LogP contribution in [0.25, 0.3) is 0 Å². The number of hydrogen-bond donors (Lipinski definition) is 3. The van der Waals surface area contributed by atoms with Gasteiger partial charge >= 0.3 is 5.97 Å². The number of aromatic nitrogens is 1. The molecular formula is C14H22N4O3. The SMILES string of the molecule is COC(=O)C(CC(C)C)NCC(=O)NNc1ccccn1. The highest BCUT2D eigenvalue weighted by atomic mass is 16.5. The standard InChI is InChI=1S/C14H22N4O3/c1-10(2)8-11(14(20)21-3)16-9-13(19)18-17-12-6-4-5-7-15-12/h4-7,10-11,16H,8-9H2,1-3H3,(H,15,17)(H,18,19). The molecule has 0 aromatic carbocycles. The van der Waals surface area contributed by atoms with Gasteiger partial charge in [-0.3, -0.25) is 25.8 Å². The van der Waals surface area contributed by atoms with Crippen LogP contribution in [0.1, 0.15) is 20.3 Å². The van der Waals surface area contributed by atoms with E-state index in [4.69, 9.17) is 4.74 Å². The van der Waals surface area contributed by atoms with E-state index >= 15 is 0 Å². The normalized spacial score (nSPS) is 11.8. The molecule has 21 heavy (non-hydrogen) atoms. The molecule has 0 bridgehead atoms. The topological polar surface area (TPSA) is 92.3 Å². The van der Waals surface area contributed by atoms with E-state index in [0.29, 0.717) is 18.2 Å². The summed E-state index contributed by atoms with van der Waals surface area (Å²) in [5.41, 5.74) is 5.18. The number of pyridine rings is 1. The molecule has 7 heteroatoms. The van der Waals surface area contributed by atoms with Gasteiger partial charge in [0.15, 0.2) is 0 Å². The van der Waals surface area contributed by atoms with Crippen molar-refractivity contribution in [1.29, 1.82) is 0 Å². The summed E-state index contributed by atoms with van der Waals surface area (Å²) >= 11 is 0. The molecule has 0 saturated heterocycles. The Morgan fingerprint density at radius 2 is 2.10 bits per heavy atom.